The first kappa shape index (κ1) is 12.8. The van der Waals surface area contributed by atoms with Crippen LogP contribution < -0.4 is 5.32 Å². The third-order valence-corrected chi connectivity index (χ3v) is 4.35. The molecule has 1 saturated carbocycles. The first-order valence-corrected chi connectivity index (χ1v) is 6.65. The molecule has 1 aromatic rings. The zero-order chi connectivity index (χ0) is 14.2. The van der Waals surface area contributed by atoms with E-state index in [-0.39, 0.29) is 17.2 Å². The predicted molar refractivity (Wildman–Crippen MR) is 70.0 cm³/mol. The van der Waals surface area contributed by atoms with Crippen molar-refractivity contribution in [2.75, 3.05) is 18.4 Å². The molecule has 2 amide bonds. The number of aromatic nitrogens is 2. The molecule has 2 heterocycles. The van der Waals surface area contributed by atoms with Crippen LogP contribution in [-0.2, 0) is 4.79 Å². The molecule has 1 aliphatic carbocycles. The Morgan fingerprint density at radius 2 is 2.10 bits per heavy atom. The topological polar surface area (TPSA) is 95.4 Å². The molecule has 1 saturated heterocycles. The van der Waals surface area contributed by atoms with E-state index in [0.717, 1.165) is 19.3 Å². The van der Waals surface area contributed by atoms with Gasteiger partial charge in [-0.15, -0.1) is 0 Å². The number of carboxylic acid groups (broad SMARTS) is 1. The number of carbonyl (C=O) groups excluding carboxylic acids is 1. The molecule has 106 valence electrons. The van der Waals surface area contributed by atoms with E-state index in [0.29, 0.717) is 18.9 Å². The van der Waals surface area contributed by atoms with Crippen molar-refractivity contribution in [2.24, 2.45) is 11.3 Å². The molecule has 1 aliphatic heterocycles. The molecule has 1 spiro atoms. The van der Waals surface area contributed by atoms with Gasteiger partial charge in [0.05, 0.1) is 6.20 Å². The quantitative estimate of drug-likeness (QED) is 0.846. The molecular formula is C13H16N4O3. The van der Waals surface area contributed by atoms with Crippen molar-refractivity contribution in [2.45, 2.75) is 19.3 Å². The lowest BCUT2D eigenvalue weighted by Crippen LogP contribution is -2.39. The van der Waals surface area contributed by atoms with Gasteiger partial charge in [0, 0.05) is 31.4 Å². The highest BCUT2D eigenvalue weighted by Crippen LogP contribution is 2.59. The number of nitrogens with one attached hydrogen (secondary N) is 1. The number of hydrogen-bond acceptors (Lipinski definition) is 4. The Kier molecular flexibility index (Phi) is 3.04. The Balaban J connectivity index is 1.56. The predicted octanol–water partition coefficient (Wildman–Crippen LogP) is 1.20. The summed E-state index contributed by atoms with van der Waals surface area (Å²) in [4.78, 5) is 32.4. The van der Waals surface area contributed by atoms with E-state index < -0.39 is 6.09 Å². The second-order valence-corrected chi connectivity index (χ2v) is 5.47. The highest BCUT2D eigenvalue weighted by atomic mass is 16.4. The van der Waals surface area contributed by atoms with E-state index in [1.807, 2.05) is 0 Å². The number of anilines is 1. The zero-order valence-electron chi connectivity index (χ0n) is 11.0. The molecule has 3 rings (SSSR count). The minimum Gasteiger partial charge on any atom is -0.465 e. The van der Waals surface area contributed by atoms with Gasteiger partial charge in [-0.05, 0) is 24.7 Å². The molecule has 0 bridgehead atoms. The second-order valence-electron chi connectivity index (χ2n) is 5.47. The summed E-state index contributed by atoms with van der Waals surface area (Å²) in [6.45, 7) is 1.04. The Morgan fingerprint density at radius 1 is 1.35 bits per heavy atom. The molecule has 7 nitrogen and oxygen atoms in total. The summed E-state index contributed by atoms with van der Waals surface area (Å²) < 4.78 is 0. The molecule has 0 radical (unpaired) electrons. The minimum absolute atomic E-state index is 0.00174. The Hall–Kier alpha value is -2.18. The SMILES string of the molecule is O=C(Nc1cnccn1)C1CC12CCN(C(=O)O)CC2. The molecule has 0 aromatic carbocycles. The summed E-state index contributed by atoms with van der Waals surface area (Å²) in [6, 6.07) is 0. The highest BCUT2D eigenvalue weighted by Gasteiger charge is 2.58. The average molecular weight is 276 g/mol. The van der Waals surface area contributed by atoms with Gasteiger partial charge < -0.3 is 15.3 Å². The molecule has 1 unspecified atom stereocenters. The third-order valence-electron chi connectivity index (χ3n) is 4.35. The standard InChI is InChI=1S/C13H16N4O3/c18-11(16-10-8-14-3-4-15-10)9-7-13(9)1-5-17(6-2-13)12(19)20/h3-4,8-9H,1-2,5-7H2,(H,19,20)(H,15,16,18). The maximum Gasteiger partial charge on any atom is 0.407 e. The van der Waals surface area contributed by atoms with Gasteiger partial charge in [0.2, 0.25) is 5.91 Å². The van der Waals surface area contributed by atoms with Gasteiger partial charge >= 0.3 is 6.09 Å². The maximum absolute atomic E-state index is 12.2. The number of carbonyl (C=O) groups is 2. The number of rotatable bonds is 2. The van der Waals surface area contributed by atoms with E-state index in [1.165, 1.54) is 17.3 Å². The summed E-state index contributed by atoms with van der Waals surface area (Å²) >= 11 is 0. The Labute approximate surface area is 116 Å². The molecular weight excluding hydrogens is 260 g/mol. The van der Waals surface area contributed by atoms with Crippen LogP contribution >= 0.6 is 0 Å². The van der Waals surface area contributed by atoms with Gasteiger partial charge in [-0.3, -0.25) is 9.78 Å². The summed E-state index contributed by atoms with van der Waals surface area (Å²) in [5, 5.41) is 11.7. The second kappa shape index (κ2) is 4.73. The average Bonchev–Trinajstić information content (AvgIpc) is 3.14. The Bertz CT molecular complexity index is 526. The third kappa shape index (κ3) is 2.31. The van der Waals surface area contributed by atoms with E-state index >= 15 is 0 Å². The zero-order valence-corrected chi connectivity index (χ0v) is 11.0. The molecule has 1 aromatic heterocycles. The molecule has 7 heteroatoms. The first-order valence-electron chi connectivity index (χ1n) is 6.65. The fourth-order valence-electron chi connectivity index (χ4n) is 2.99. The van der Waals surface area contributed by atoms with Crippen LogP contribution in [0.3, 0.4) is 0 Å². The molecule has 2 aliphatic rings. The van der Waals surface area contributed by atoms with Crippen LogP contribution in [0.15, 0.2) is 18.6 Å². The molecule has 2 N–H and O–H groups in total. The van der Waals surface area contributed by atoms with Crippen LogP contribution in [0.1, 0.15) is 19.3 Å². The van der Waals surface area contributed by atoms with E-state index in [2.05, 4.69) is 15.3 Å². The van der Waals surface area contributed by atoms with E-state index in [4.69, 9.17) is 5.11 Å². The lowest BCUT2D eigenvalue weighted by Gasteiger charge is -2.30. The molecule has 1 atom stereocenters. The van der Waals surface area contributed by atoms with Crippen molar-refractivity contribution >= 4 is 17.8 Å². The van der Waals surface area contributed by atoms with Crippen molar-refractivity contribution in [1.29, 1.82) is 0 Å². The van der Waals surface area contributed by atoms with Crippen LogP contribution in [0.25, 0.3) is 0 Å². The van der Waals surface area contributed by atoms with Crippen molar-refractivity contribution in [3.05, 3.63) is 18.6 Å². The van der Waals surface area contributed by atoms with Gasteiger partial charge in [-0.1, -0.05) is 0 Å². The number of amides is 2. The largest absolute Gasteiger partial charge is 0.465 e. The van der Waals surface area contributed by atoms with E-state index in [1.54, 1.807) is 6.20 Å². The fraction of sp³-hybridized carbons (Fsp3) is 0.538. The first-order chi connectivity index (χ1) is 9.61. The summed E-state index contributed by atoms with van der Waals surface area (Å²) in [5.41, 5.74) is -0.00174. The number of nitrogens with zero attached hydrogens (tertiary/aromatic N) is 3. The molecule has 2 fully saturated rings. The fourth-order valence-corrected chi connectivity index (χ4v) is 2.99. The lowest BCUT2D eigenvalue weighted by atomic mass is 9.91. The van der Waals surface area contributed by atoms with Crippen LogP contribution in [0.2, 0.25) is 0 Å². The van der Waals surface area contributed by atoms with E-state index in [9.17, 15) is 9.59 Å². The Morgan fingerprint density at radius 3 is 2.70 bits per heavy atom. The summed E-state index contributed by atoms with van der Waals surface area (Å²) in [6.07, 6.45) is 6.09. The van der Waals surface area contributed by atoms with Crippen LogP contribution in [-0.4, -0.2) is 45.1 Å². The van der Waals surface area contributed by atoms with Gasteiger partial charge in [0.15, 0.2) is 5.82 Å². The van der Waals surface area contributed by atoms with Gasteiger partial charge in [0.25, 0.3) is 0 Å². The number of piperidine rings is 1. The van der Waals surface area contributed by atoms with Crippen LogP contribution in [0.5, 0.6) is 0 Å². The van der Waals surface area contributed by atoms with Crippen LogP contribution in [0.4, 0.5) is 10.6 Å². The smallest absolute Gasteiger partial charge is 0.407 e. The van der Waals surface area contributed by atoms with Crippen molar-refractivity contribution in [3.63, 3.8) is 0 Å². The highest BCUT2D eigenvalue weighted by molar-refractivity contribution is 5.94. The molecule has 20 heavy (non-hydrogen) atoms. The minimum atomic E-state index is -0.874. The maximum atomic E-state index is 12.2. The van der Waals surface area contributed by atoms with Gasteiger partial charge in [0.1, 0.15) is 0 Å². The van der Waals surface area contributed by atoms with Crippen molar-refractivity contribution in [1.82, 2.24) is 14.9 Å². The van der Waals surface area contributed by atoms with Crippen molar-refractivity contribution < 1.29 is 14.7 Å². The van der Waals surface area contributed by atoms with Gasteiger partial charge in [-0.2, -0.15) is 0 Å². The van der Waals surface area contributed by atoms with Gasteiger partial charge in [-0.25, -0.2) is 9.78 Å². The van der Waals surface area contributed by atoms with Crippen LogP contribution in [0, 0.1) is 11.3 Å². The lowest BCUT2D eigenvalue weighted by molar-refractivity contribution is -0.118. The normalized spacial score (nSPS) is 23.4. The van der Waals surface area contributed by atoms with Crippen molar-refractivity contribution in [3.8, 4) is 0 Å². The summed E-state index contributed by atoms with van der Waals surface area (Å²) in [5.74, 6) is 0.400. The summed E-state index contributed by atoms with van der Waals surface area (Å²) in [7, 11) is 0. The monoisotopic (exact) mass is 276 g/mol. The number of hydrogen-bond donors (Lipinski definition) is 2. The number of likely N-dealkylation sites (tertiary alicyclic amines) is 1.